The van der Waals surface area contributed by atoms with Gasteiger partial charge in [0.15, 0.2) is 5.76 Å². The summed E-state index contributed by atoms with van der Waals surface area (Å²) < 4.78 is 5.49. The third-order valence-corrected chi connectivity index (χ3v) is 4.83. The van der Waals surface area contributed by atoms with Crippen molar-refractivity contribution in [1.82, 2.24) is 0 Å². The zero-order valence-corrected chi connectivity index (χ0v) is 16.3. The van der Waals surface area contributed by atoms with E-state index in [1.165, 1.54) is 12.1 Å². The zero-order chi connectivity index (χ0) is 21.8. The van der Waals surface area contributed by atoms with Gasteiger partial charge in [0.05, 0.1) is 10.6 Å². The maximum atomic E-state index is 12.5. The molecule has 0 radical (unpaired) electrons. The lowest BCUT2D eigenvalue weighted by Gasteiger charge is -2.17. The van der Waals surface area contributed by atoms with Crippen molar-refractivity contribution in [3.63, 3.8) is 0 Å². The number of hydrogen-bond donors (Lipinski definition) is 2. The van der Waals surface area contributed by atoms with E-state index in [4.69, 9.17) is 4.42 Å². The number of carbonyl (C=O) groups excluding carboxylic acids is 1. The average molecular weight is 418 g/mol. The van der Waals surface area contributed by atoms with Crippen LogP contribution in [0.4, 0.5) is 17.1 Å². The largest absolute Gasteiger partial charge is 0.420 e. The van der Waals surface area contributed by atoms with Crippen molar-refractivity contribution >= 4 is 28.7 Å². The van der Waals surface area contributed by atoms with Crippen molar-refractivity contribution in [3.8, 4) is 0 Å². The number of carbonyl (C=O) groups is 1. The number of nitrogens with zero attached hydrogens (tertiary/aromatic N) is 2. The Morgan fingerprint density at radius 1 is 1.06 bits per heavy atom. The Hall–Kier alpha value is -4.27. The molecule has 3 aromatic rings. The maximum absolute atomic E-state index is 12.5. The van der Waals surface area contributed by atoms with Crippen LogP contribution in [0.3, 0.4) is 0 Å². The second kappa shape index (κ2) is 8.62. The Morgan fingerprint density at radius 2 is 1.81 bits per heavy atom. The van der Waals surface area contributed by atoms with Crippen LogP contribution >= 0.6 is 0 Å². The quantitative estimate of drug-likeness (QED) is 0.477. The van der Waals surface area contributed by atoms with Crippen molar-refractivity contribution in [2.45, 2.75) is 19.3 Å². The number of amides is 1. The Balaban J connectivity index is 1.55. The van der Waals surface area contributed by atoms with Crippen molar-refractivity contribution in [2.75, 3.05) is 10.7 Å². The summed E-state index contributed by atoms with van der Waals surface area (Å²) >= 11 is 0. The van der Waals surface area contributed by atoms with Crippen LogP contribution in [0.15, 0.2) is 75.0 Å². The number of aryl methyl sites for hydroxylation is 1. The molecule has 1 amide bonds. The summed E-state index contributed by atoms with van der Waals surface area (Å²) in [4.78, 5) is 35.1. The first-order valence-corrected chi connectivity index (χ1v) is 9.62. The van der Waals surface area contributed by atoms with Gasteiger partial charge in [0.1, 0.15) is 11.4 Å². The fourth-order valence-corrected chi connectivity index (χ4v) is 3.27. The van der Waals surface area contributed by atoms with Crippen LogP contribution in [-0.2, 0) is 6.42 Å². The van der Waals surface area contributed by atoms with E-state index < -0.39 is 16.5 Å². The highest BCUT2D eigenvalue weighted by atomic mass is 16.6. The van der Waals surface area contributed by atoms with Gasteiger partial charge in [0.25, 0.3) is 11.6 Å². The number of non-ortho nitro benzene ring substituents is 1. The molecule has 4 rings (SSSR count). The second-order valence-electron chi connectivity index (χ2n) is 6.95. The molecule has 9 nitrogen and oxygen atoms in total. The van der Waals surface area contributed by atoms with Gasteiger partial charge in [0, 0.05) is 17.7 Å². The molecule has 1 aliphatic rings. The first kappa shape index (κ1) is 20.0. The normalized spacial score (nSPS) is 14.0. The van der Waals surface area contributed by atoms with E-state index in [-0.39, 0.29) is 11.4 Å². The molecule has 9 heteroatoms. The molecule has 0 bridgehead atoms. The third kappa shape index (κ3) is 4.50. The SMILES string of the molecule is O=C(Nc1cc2c(oc1=O)/C(=N\Nc1ccc([N+](=O)[O-])cc1)CCC2)c1ccccc1. The molecule has 0 unspecified atom stereocenters. The summed E-state index contributed by atoms with van der Waals surface area (Å²) in [5, 5.41) is 17.7. The second-order valence-corrected chi connectivity index (χ2v) is 6.95. The molecule has 1 aliphatic carbocycles. The Labute approximate surface area is 176 Å². The minimum atomic E-state index is -0.659. The van der Waals surface area contributed by atoms with Gasteiger partial charge in [-0.2, -0.15) is 5.10 Å². The van der Waals surface area contributed by atoms with Crippen molar-refractivity contribution in [3.05, 3.63) is 98.1 Å². The molecule has 31 heavy (non-hydrogen) atoms. The summed E-state index contributed by atoms with van der Waals surface area (Å²) in [5.41, 5.74) is 4.60. The highest BCUT2D eigenvalue weighted by Gasteiger charge is 2.22. The van der Waals surface area contributed by atoms with Gasteiger partial charge < -0.3 is 9.73 Å². The van der Waals surface area contributed by atoms with E-state index in [1.54, 1.807) is 48.5 Å². The van der Waals surface area contributed by atoms with Crippen LogP contribution in [0.1, 0.15) is 34.5 Å². The summed E-state index contributed by atoms with van der Waals surface area (Å²) in [6.45, 7) is 0. The van der Waals surface area contributed by atoms with Crippen molar-refractivity contribution < 1.29 is 14.1 Å². The molecule has 0 atom stereocenters. The van der Waals surface area contributed by atoms with Gasteiger partial charge in [-0.15, -0.1) is 0 Å². The van der Waals surface area contributed by atoms with E-state index >= 15 is 0 Å². The van der Waals surface area contributed by atoms with Crippen LogP contribution in [-0.4, -0.2) is 16.5 Å². The number of nitro benzene ring substituents is 1. The molecular formula is C22H18N4O5. The van der Waals surface area contributed by atoms with Crippen LogP contribution in [0.25, 0.3) is 0 Å². The highest BCUT2D eigenvalue weighted by molar-refractivity contribution is 6.05. The first-order chi connectivity index (χ1) is 15.0. The summed E-state index contributed by atoms with van der Waals surface area (Å²) in [7, 11) is 0. The molecule has 0 aliphatic heterocycles. The third-order valence-electron chi connectivity index (χ3n) is 4.83. The van der Waals surface area contributed by atoms with Gasteiger partial charge in [-0.25, -0.2) is 4.79 Å². The van der Waals surface area contributed by atoms with Gasteiger partial charge >= 0.3 is 5.63 Å². The number of nitro groups is 1. The van der Waals surface area contributed by atoms with Gasteiger partial charge in [-0.1, -0.05) is 18.2 Å². The van der Waals surface area contributed by atoms with E-state index in [9.17, 15) is 19.7 Å². The minimum absolute atomic E-state index is 0.0164. The lowest BCUT2D eigenvalue weighted by Crippen LogP contribution is -2.22. The minimum Gasteiger partial charge on any atom is -0.420 e. The Bertz CT molecular complexity index is 1220. The van der Waals surface area contributed by atoms with E-state index in [2.05, 4.69) is 15.8 Å². The number of nitrogens with one attached hydrogen (secondary N) is 2. The van der Waals surface area contributed by atoms with Crippen LogP contribution in [0, 0.1) is 10.1 Å². The number of anilines is 2. The average Bonchev–Trinajstić information content (AvgIpc) is 2.79. The van der Waals surface area contributed by atoms with E-state index in [0.29, 0.717) is 35.6 Å². The molecule has 0 spiro atoms. The molecule has 0 saturated heterocycles. The molecule has 1 heterocycles. The predicted octanol–water partition coefficient (Wildman–Crippen LogP) is 3.95. The van der Waals surface area contributed by atoms with Crippen LogP contribution in [0.5, 0.6) is 0 Å². The fraction of sp³-hybridized carbons (Fsp3) is 0.136. The van der Waals surface area contributed by atoms with E-state index in [0.717, 1.165) is 12.0 Å². The molecule has 156 valence electrons. The number of fused-ring (bicyclic) bond motifs is 1. The highest BCUT2D eigenvalue weighted by Crippen LogP contribution is 2.24. The lowest BCUT2D eigenvalue weighted by atomic mass is 9.95. The van der Waals surface area contributed by atoms with Crippen molar-refractivity contribution in [1.29, 1.82) is 0 Å². The van der Waals surface area contributed by atoms with Gasteiger partial charge in [-0.3, -0.25) is 20.3 Å². The summed E-state index contributed by atoms with van der Waals surface area (Å²) in [6.07, 6.45) is 2.09. The number of hydrazone groups is 1. The van der Waals surface area contributed by atoms with Crippen LogP contribution in [0.2, 0.25) is 0 Å². The number of rotatable bonds is 5. The predicted molar refractivity (Wildman–Crippen MR) is 116 cm³/mol. The Morgan fingerprint density at radius 3 is 2.52 bits per heavy atom. The lowest BCUT2D eigenvalue weighted by molar-refractivity contribution is -0.384. The topological polar surface area (TPSA) is 127 Å². The summed E-state index contributed by atoms with van der Waals surface area (Å²) in [6, 6.07) is 16.1. The number of hydrogen-bond acceptors (Lipinski definition) is 7. The maximum Gasteiger partial charge on any atom is 0.360 e. The first-order valence-electron chi connectivity index (χ1n) is 9.62. The monoisotopic (exact) mass is 418 g/mol. The Kier molecular flexibility index (Phi) is 5.57. The molecular weight excluding hydrogens is 400 g/mol. The fourth-order valence-electron chi connectivity index (χ4n) is 3.27. The van der Waals surface area contributed by atoms with Crippen LogP contribution < -0.4 is 16.4 Å². The smallest absolute Gasteiger partial charge is 0.360 e. The molecule has 1 aromatic heterocycles. The molecule has 0 saturated carbocycles. The number of benzene rings is 2. The zero-order valence-electron chi connectivity index (χ0n) is 16.3. The van der Waals surface area contributed by atoms with Gasteiger partial charge in [0.2, 0.25) is 0 Å². The summed E-state index contributed by atoms with van der Waals surface area (Å²) in [5.74, 6) is -0.0132. The standard InChI is InChI=1S/C22H18N4O5/c27-21(14-5-2-1-3-6-14)23-19-13-15-7-4-8-18(20(15)31-22(19)28)25-24-16-9-11-17(12-10-16)26(29)30/h1-3,5-6,9-13,24H,4,7-8H2,(H,23,27)/b25-18-. The molecule has 0 fully saturated rings. The van der Waals surface area contributed by atoms with Crippen molar-refractivity contribution in [2.24, 2.45) is 5.10 Å². The van der Waals surface area contributed by atoms with E-state index in [1.807, 2.05) is 0 Å². The molecule has 2 aromatic carbocycles. The van der Waals surface area contributed by atoms with Gasteiger partial charge in [-0.05, 0) is 55.2 Å². The molecule has 2 N–H and O–H groups in total.